The number of pyridine rings is 1. The second kappa shape index (κ2) is 10.8. The van der Waals surface area contributed by atoms with E-state index in [1.165, 1.54) is 0 Å². The van der Waals surface area contributed by atoms with Crippen molar-refractivity contribution in [2.45, 2.75) is 27.3 Å². The summed E-state index contributed by atoms with van der Waals surface area (Å²) in [5.41, 5.74) is 2.06. The standard InChI is InChI=1S/C22H27N7O/c1-4-25-20-26-21(29(5-2)6-3)28-22(27-20)30-19-11-9-17(10-12-19)14-24-16-18-8-7-13-23-15-18/h7-15H,4-6,16H2,1-3H3,(H,25,26,27,28). The van der Waals surface area contributed by atoms with Gasteiger partial charge in [-0.3, -0.25) is 9.98 Å². The van der Waals surface area contributed by atoms with Crippen LogP contribution in [0.1, 0.15) is 31.9 Å². The SMILES string of the molecule is CCNc1nc(Oc2ccc(C=NCc3cccnc3)cc2)nc(N(CC)CC)n1. The normalized spacial score (nSPS) is 10.9. The van der Waals surface area contributed by atoms with E-state index in [1.54, 1.807) is 6.20 Å². The molecular formula is C22H27N7O. The molecule has 0 amide bonds. The third-order valence-corrected chi connectivity index (χ3v) is 4.31. The van der Waals surface area contributed by atoms with Gasteiger partial charge in [0.1, 0.15) is 5.75 Å². The Hall–Kier alpha value is -3.55. The van der Waals surface area contributed by atoms with Gasteiger partial charge in [-0.1, -0.05) is 6.07 Å². The second-order valence-corrected chi connectivity index (χ2v) is 6.45. The molecule has 156 valence electrons. The maximum atomic E-state index is 5.89. The summed E-state index contributed by atoms with van der Waals surface area (Å²) in [6.45, 7) is 9.05. The minimum Gasteiger partial charge on any atom is -0.424 e. The lowest BCUT2D eigenvalue weighted by Crippen LogP contribution is -2.25. The number of nitrogens with one attached hydrogen (secondary N) is 1. The van der Waals surface area contributed by atoms with Crippen LogP contribution in [0.5, 0.6) is 11.8 Å². The Morgan fingerprint density at radius 3 is 2.50 bits per heavy atom. The number of hydrogen-bond acceptors (Lipinski definition) is 8. The van der Waals surface area contributed by atoms with Crippen LogP contribution in [-0.4, -0.2) is 45.8 Å². The number of benzene rings is 1. The summed E-state index contributed by atoms with van der Waals surface area (Å²) < 4.78 is 5.89. The number of rotatable bonds is 10. The van der Waals surface area contributed by atoms with Gasteiger partial charge in [-0.05, 0) is 62.2 Å². The van der Waals surface area contributed by atoms with Crippen LogP contribution in [0.4, 0.5) is 11.9 Å². The van der Waals surface area contributed by atoms with E-state index in [9.17, 15) is 0 Å². The molecule has 0 atom stereocenters. The van der Waals surface area contributed by atoms with Gasteiger partial charge in [0.2, 0.25) is 11.9 Å². The summed E-state index contributed by atoms with van der Waals surface area (Å²) in [4.78, 5) is 23.9. The largest absolute Gasteiger partial charge is 0.424 e. The van der Waals surface area contributed by atoms with Gasteiger partial charge in [-0.15, -0.1) is 0 Å². The minimum atomic E-state index is 0.265. The molecule has 0 aliphatic carbocycles. The van der Waals surface area contributed by atoms with Gasteiger partial charge in [0, 0.05) is 38.2 Å². The first-order valence-electron chi connectivity index (χ1n) is 10.1. The fourth-order valence-electron chi connectivity index (χ4n) is 2.75. The highest BCUT2D eigenvalue weighted by molar-refractivity contribution is 5.79. The molecule has 0 spiro atoms. The summed E-state index contributed by atoms with van der Waals surface area (Å²) in [5, 5.41) is 3.13. The van der Waals surface area contributed by atoms with Crippen LogP contribution in [-0.2, 0) is 6.54 Å². The topological polar surface area (TPSA) is 88.4 Å². The zero-order valence-corrected chi connectivity index (χ0v) is 17.6. The van der Waals surface area contributed by atoms with Crippen molar-refractivity contribution in [2.75, 3.05) is 29.9 Å². The van der Waals surface area contributed by atoms with Gasteiger partial charge in [-0.25, -0.2) is 0 Å². The van der Waals surface area contributed by atoms with Crippen LogP contribution in [0.3, 0.4) is 0 Å². The Morgan fingerprint density at radius 1 is 1.03 bits per heavy atom. The Morgan fingerprint density at radius 2 is 1.83 bits per heavy atom. The first-order chi connectivity index (χ1) is 14.7. The molecule has 1 N–H and O–H groups in total. The molecule has 3 aromatic rings. The maximum absolute atomic E-state index is 5.89. The van der Waals surface area contributed by atoms with E-state index in [1.807, 2.05) is 55.7 Å². The van der Waals surface area contributed by atoms with Gasteiger partial charge < -0.3 is 15.0 Å². The van der Waals surface area contributed by atoms with Crippen LogP contribution in [0.2, 0.25) is 0 Å². The fourth-order valence-corrected chi connectivity index (χ4v) is 2.75. The van der Waals surface area contributed by atoms with Crippen LogP contribution in [0.25, 0.3) is 0 Å². The predicted octanol–water partition coefficient (Wildman–Crippen LogP) is 3.96. The molecule has 0 aliphatic rings. The smallest absolute Gasteiger partial charge is 0.328 e. The van der Waals surface area contributed by atoms with Crippen molar-refractivity contribution in [3.05, 3.63) is 59.9 Å². The maximum Gasteiger partial charge on any atom is 0.328 e. The molecular weight excluding hydrogens is 378 g/mol. The van der Waals surface area contributed by atoms with E-state index in [4.69, 9.17) is 4.74 Å². The van der Waals surface area contributed by atoms with Crippen molar-refractivity contribution < 1.29 is 4.74 Å². The molecule has 0 aliphatic heterocycles. The Labute approximate surface area is 177 Å². The van der Waals surface area contributed by atoms with Crippen molar-refractivity contribution in [1.29, 1.82) is 0 Å². The van der Waals surface area contributed by atoms with Gasteiger partial charge in [0.25, 0.3) is 0 Å². The molecule has 8 nitrogen and oxygen atoms in total. The second-order valence-electron chi connectivity index (χ2n) is 6.45. The number of aromatic nitrogens is 4. The first kappa shape index (κ1) is 21.2. The molecule has 0 radical (unpaired) electrons. The summed E-state index contributed by atoms with van der Waals surface area (Å²) in [5.74, 6) is 1.75. The third-order valence-electron chi connectivity index (χ3n) is 4.31. The molecule has 0 bridgehead atoms. The van der Waals surface area contributed by atoms with Crippen molar-refractivity contribution in [3.63, 3.8) is 0 Å². The molecule has 1 aromatic carbocycles. The average Bonchev–Trinajstić information content (AvgIpc) is 2.77. The van der Waals surface area contributed by atoms with Crippen molar-refractivity contribution in [1.82, 2.24) is 19.9 Å². The highest BCUT2D eigenvalue weighted by Gasteiger charge is 2.12. The minimum absolute atomic E-state index is 0.265. The van der Waals surface area contributed by atoms with Crippen molar-refractivity contribution in [2.24, 2.45) is 4.99 Å². The van der Waals surface area contributed by atoms with E-state index in [2.05, 4.69) is 49.0 Å². The van der Waals surface area contributed by atoms with Crippen LogP contribution >= 0.6 is 0 Å². The fraction of sp³-hybridized carbons (Fsp3) is 0.318. The molecule has 30 heavy (non-hydrogen) atoms. The van der Waals surface area contributed by atoms with Crippen molar-refractivity contribution in [3.8, 4) is 11.8 Å². The first-order valence-corrected chi connectivity index (χ1v) is 10.1. The quantitative estimate of drug-likeness (QED) is 0.511. The van der Waals surface area contributed by atoms with E-state index in [0.29, 0.717) is 30.7 Å². The third kappa shape index (κ3) is 5.97. The molecule has 0 unspecified atom stereocenters. The van der Waals surface area contributed by atoms with Crippen LogP contribution in [0.15, 0.2) is 53.8 Å². The number of aliphatic imine (C=N–C) groups is 1. The van der Waals surface area contributed by atoms with Gasteiger partial charge in [0.15, 0.2) is 0 Å². The van der Waals surface area contributed by atoms with Gasteiger partial charge in [0.05, 0.1) is 6.54 Å². The Kier molecular flexibility index (Phi) is 7.65. The lowest BCUT2D eigenvalue weighted by Gasteiger charge is -2.19. The Balaban J connectivity index is 1.69. The summed E-state index contributed by atoms with van der Waals surface area (Å²) in [7, 11) is 0. The zero-order valence-electron chi connectivity index (χ0n) is 17.6. The molecule has 2 heterocycles. The zero-order chi connectivity index (χ0) is 21.2. The monoisotopic (exact) mass is 405 g/mol. The number of anilines is 2. The highest BCUT2D eigenvalue weighted by atomic mass is 16.5. The number of nitrogens with zero attached hydrogens (tertiary/aromatic N) is 6. The van der Waals surface area contributed by atoms with Crippen LogP contribution < -0.4 is 15.0 Å². The van der Waals surface area contributed by atoms with Gasteiger partial charge in [-0.2, -0.15) is 15.0 Å². The lowest BCUT2D eigenvalue weighted by molar-refractivity contribution is 0.440. The molecule has 8 heteroatoms. The van der Waals surface area contributed by atoms with E-state index >= 15 is 0 Å². The van der Waals surface area contributed by atoms with Crippen molar-refractivity contribution >= 4 is 18.1 Å². The van der Waals surface area contributed by atoms with E-state index in [0.717, 1.165) is 24.2 Å². The Bertz CT molecular complexity index is 941. The molecule has 2 aromatic heterocycles. The summed E-state index contributed by atoms with van der Waals surface area (Å²) in [6.07, 6.45) is 5.41. The van der Waals surface area contributed by atoms with Crippen LogP contribution in [0, 0.1) is 0 Å². The molecule has 3 rings (SSSR count). The lowest BCUT2D eigenvalue weighted by atomic mass is 10.2. The number of ether oxygens (including phenoxy) is 1. The van der Waals surface area contributed by atoms with Gasteiger partial charge >= 0.3 is 6.01 Å². The summed E-state index contributed by atoms with van der Waals surface area (Å²) in [6, 6.07) is 11.8. The molecule has 0 saturated carbocycles. The average molecular weight is 406 g/mol. The molecule has 0 fully saturated rings. The number of hydrogen-bond donors (Lipinski definition) is 1. The predicted molar refractivity (Wildman–Crippen MR) is 120 cm³/mol. The summed E-state index contributed by atoms with van der Waals surface area (Å²) >= 11 is 0. The highest BCUT2D eigenvalue weighted by Crippen LogP contribution is 2.21. The van der Waals surface area contributed by atoms with E-state index in [-0.39, 0.29) is 6.01 Å². The molecule has 0 saturated heterocycles. The van der Waals surface area contributed by atoms with E-state index < -0.39 is 0 Å².